The van der Waals surface area contributed by atoms with Crippen molar-refractivity contribution in [2.45, 2.75) is 76.9 Å². The molecule has 2 aromatic rings. The Kier molecular flexibility index (Phi) is 7.80. The number of carbonyl (C=O) groups excluding carboxylic acids is 2. The van der Waals surface area contributed by atoms with E-state index in [2.05, 4.69) is 10.6 Å². The van der Waals surface area contributed by atoms with Crippen LogP contribution >= 0.6 is 11.6 Å². The second-order valence-corrected chi connectivity index (χ2v) is 10.3. The molecule has 2 aromatic carbocycles. The van der Waals surface area contributed by atoms with Gasteiger partial charge in [-0.2, -0.15) is 0 Å². The lowest BCUT2D eigenvalue weighted by Gasteiger charge is -2.29. The van der Waals surface area contributed by atoms with E-state index in [4.69, 9.17) is 16.3 Å². The van der Waals surface area contributed by atoms with Crippen molar-refractivity contribution in [1.29, 1.82) is 0 Å². The van der Waals surface area contributed by atoms with Gasteiger partial charge in [0, 0.05) is 17.2 Å². The fraction of sp³-hybridized carbons (Fsp3) is 0.429. The number of amides is 2. The summed E-state index contributed by atoms with van der Waals surface area (Å²) in [5.41, 5.74) is 1.20. The Morgan fingerprint density at radius 1 is 0.971 bits per heavy atom. The van der Waals surface area contributed by atoms with Gasteiger partial charge in [0.2, 0.25) is 5.91 Å². The molecule has 0 aliphatic heterocycles. The Morgan fingerprint density at radius 2 is 1.60 bits per heavy atom. The van der Waals surface area contributed by atoms with E-state index < -0.39 is 17.3 Å². The topological polar surface area (TPSA) is 67.4 Å². The summed E-state index contributed by atoms with van der Waals surface area (Å²) in [5.74, 6) is -1.03. The third-order valence-electron chi connectivity index (χ3n) is 6.80. The van der Waals surface area contributed by atoms with E-state index in [1.165, 1.54) is 6.07 Å². The molecule has 5 nitrogen and oxygen atoms in total. The Balaban J connectivity index is 1.54. The number of hydrogen-bond donors (Lipinski definition) is 2. The first-order valence-corrected chi connectivity index (χ1v) is 12.7. The standard InChI is InChI=1S/C28H32ClFN2O3/c1-28(2,18-10-4-3-5-11-18)32-27(34)21-15-9-8-14-20(21)26(33)31-24-17-25(22(29)16-23(24)30)35-19-12-6-7-13-19/h3-5,10-11,16-17,19H,6-9,12-15H2,1-2H3,(H,31,33)(H,32,34). The number of ether oxygens (including phenoxy) is 1. The van der Waals surface area contributed by atoms with Gasteiger partial charge < -0.3 is 15.4 Å². The molecule has 0 atom stereocenters. The smallest absolute Gasteiger partial charge is 0.252 e. The predicted molar refractivity (Wildman–Crippen MR) is 136 cm³/mol. The Morgan fingerprint density at radius 3 is 2.26 bits per heavy atom. The molecule has 4 rings (SSSR count). The summed E-state index contributed by atoms with van der Waals surface area (Å²) in [5, 5.41) is 5.91. The summed E-state index contributed by atoms with van der Waals surface area (Å²) in [6.45, 7) is 3.86. The van der Waals surface area contributed by atoms with Crippen LogP contribution in [0.25, 0.3) is 0 Å². The molecule has 0 heterocycles. The molecule has 2 aliphatic rings. The van der Waals surface area contributed by atoms with Crippen molar-refractivity contribution in [2.75, 3.05) is 5.32 Å². The van der Waals surface area contributed by atoms with Crippen LogP contribution < -0.4 is 15.4 Å². The summed E-state index contributed by atoms with van der Waals surface area (Å²) < 4.78 is 20.6. The van der Waals surface area contributed by atoms with Crippen LogP contribution in [0.15, 0.2) is 53.6 Å². The van der Waals surface area contributed by atoms with Gasteiger partial charge in [-0.05, 0) is 76.8 Å². The van der Waals surface area contributed by atoms with Crippen LogP contribution in [0.4, 0.5) is 10.1 Å². The molecule has 0 saturated heterocycles. The number of carbonyl (C=O) groups is 2. The molecular weight excluding hydrogens is 467 g/mol. The third kappa shape index (κ3) is 6.04. The summed E-state index contributed by atoms with van der Waals surface area (Å²) >= 11 is 6.20. The summed E-state index contributed by atoms with van der Waals surface area (Å²) in [6, 6.07) is 12.3. The van der Waals surface area contributed by atoms with Gasteiger partial charge in [0.1, 0.15) is 11.6 Å². The van der Waals surface area contributed by atoms with Gasteiger partial charge in [0.25, 0.3) is 5.91 Å². The highest BCUT2D eigenvalue weighted by molar-refractivity contribution is 6.32. The molecule has 2 aliphatic carbocycles. The van der Waals surface area contributed by atoms with Gasteiger partial charge in [-0.1, -0.05) is 41.9 Å². The highest BCUT2D eigenvalue weighted by Gasteiger charge is 2.29. The minimum Gasteiger partial charge on any atom is -0.489 e. The van der Waals surface area contributed by atoms with E-state index in [1.807, 2.05) is 44.2 Å². The molecule has 2 N–H and O–H groups in total. The van der Waals surface area contributed by atoms with Crippen molar-refractivity contribution in [3.63, 3.8) is 0 Å². The lowest BCUT2D eigenvalue weighted by atomic mass is 9.88. The van der Waals surface area contributed by atoms with Crippen LogP contribution in [-0.4, -0.2) is 17.9 Å². The highest BCUT2D eigenvalue weighted by atomic mass is 35.5. The van der Waals surface area contributed by atoms with E-state index in [0.717, 1.165) is 50.2 Å². The van der Waals surface area contributed by atoms with Gasteiger partial charge >= 0.3 is 0 Å². The molecule has 186 valence electrons. The predicted octanol–water partition coefficient (Wildman–Crippen LogP) is 6.66. The first-order chi connectivity index (χ1) is 16.7. The third-order valence-corrected chi connectivity index (χ3v) is 7.10. The lowest BCUT2D eigenvalue weighted by Crippen LogP contribution is -2.42. The number of nitrogens with one attached hydrogen (secondary N) is 2. The molecule has 0 spiro atoms. The van der Waals surface area contributed by atoms with E-state index >= 15 is 0 Å². The van der Waals surface area contributed by atoms with Gasteiger partial charge in [-0.3, -0.25) is 9.59 Å². The zero-order valence-electron chi connectivity index (χ0n) is 20.3. The maximum Gasteiger partial charge on any atom is 0.252 e. The zero-order valence-corrected chi connectivity index (χ0v) is 21.0. The largest absolute Gasteiger partial charge is 0.489 e. The van der Waals surface area contributed by atoms with Gasteiger partial charge in [0.15, 0.2) is 0 Å². The number of rotatable bonds is 7. The average molecular weight is 499 g/mol. The van der Waals surface area contributed by atoms with Crippen LogP contribution in [-0.2, 0) is 15.1 Å². The fourth-order valence-corrected chi connectivity index (χ4v) is 4.99. The minimum absolute atomic E-state index is 0.00477. The number of benzene rings is 2. The molecule has 0 aromatic heterocycles. The quantitative estimate of drug-likeness (QED) is 0.448. The van der Waals surface area contributed by atoms with Crippen molar-refractivity contribution in [3.8, 4) is 5.75 Å². The van der Waals surface area contributed by atoms with Crippen LogP contribution in [0.1, 0.15) is 70.8 Å². The monoisotopic (exact) mass is 498 g/mol. The first-order valence-electron chi connectivity index (χ1n) is 12.3. The molecular formula is C28H32ClFN2O3. The summed E-state index contributed by atoms with van der Waals surface area (Å²) in [4.78, 5) is 26.5. The molecule has 35 heavy (non-hydrogen) atoms. The van der Waals surface area contributed by atoms with Crippen molar-refractivity contribution in [2.24, 2.45) is 0 Å². The highest BCUT2D eigenvalue weighted by Crippen LogP contribution is 2.35. The van der Waals surface area contributed by atoms with Crippen molar-refractivity contribution in [1.82, 2.24) is 5.32 Å². The molecule has 0 radical (unpaired) electrons. The molecule has 2 amide bonds. The average Bonchev–Trinajstić information content (AvgIpc) is 3.35. The van der Waals surface area contributed by atoms with Gasteiger partial charge in [-0.25, -0.2) is 4.39 Å². The van der Waals surface area contributed by atoms with Gasteiger partial charge in [-0.15, -0.1) is 0 Å². The van der Waals surface area contributed by atoms with E-state index in [0.29, 0.717) is 29.7 Å². The number of anilines is 1. The van der Waals surface area contributed by atoms with Crippen molar-refractivity contribution in [3.05, 3.63) is 70.0 Å². The Hall–Kier alpha value is -2.86. The Labute approximate surface area is 211 Å². The maximum absolute atomic E-state index is 14.7. The van der Waals surface area contributed by atoms with Crippen LogP contribution in [0.2, 0.25) is 5.02 Å². The van der Waals surface area contributed by atoms with E-state index in [-0.39, 0.29) is 22.7 Å². The zero-order chi connectivity index (χ0) is 25.0. The number of hydrogen-bond acceptors (Lipinski definition) is 3. The summed E-state index contributed by atoms with van der Waals surface area (Å²) in [7, 11) is 0. The van der Waals surface area contributed by atoms with Crippen LogP contribution in [0.3, 0.4) is 0 Å². The fourth-order valence-electron chi connectivity index (χ4n) is 4.79. The molecule has 0 unspecified atom stereocenters. The molecule has 0 bridgehead atoms. The minimum atomic E-state index is -0.644. The normalized spacial score (nSPS) is 16.8. The van der Waals surface area contributed by atoms with E-state index in [1.54, 1.807) is 0 Å². The SMILES string of the molecule is CC(C)(NC(=O)C1=C(C(=O)Nc2cc(OC3CCCC3)c(Cl)cc2F)CCCC1)c1ccccc1. The molecule has 1 saturated carbocycles. The van der Waals surface area contributed by atoms with Crippen molar-refractivity contribution < 1.29 is 18.7 Å². The lowest BCUT2D eigenvalue weighted by molar-refractivity contribution is -0.120. The maximum atomic E-state index is 14.7. The van der Waals surface area contributed by atoms with Crippen LogP contribution in [0, 0.1) is 5.82 Å². The number of halogens is 2. The van der Waals surface area contributed by atoms with E-state index in [9.17, 15) is 14.0 Å². The van der Waals surface area contributed by atoms with Crippen LogP contribution in [0.5, 0.6) is 5.75 Å². The summed E-state index contributed by atoms with van der Waals surface area (Å²) in [6.07, 6.45) is 6.66. The Bertz CT molecular complexity index is 1120. The first kappa shape index (κ1) is 25.2. The molecule has 7 heteroatoms. The van der Waals surface area contributed by atoms with Crippen molar-refractivity contribution >= 4 is 29.1 Å². The molecule has 1 fully saturated rings. The second kappa shape index (κ2) is 10.8. The second-order valence-electron chi connectivity index (χ2n) is 9.85. The van der Waals surface area contributed by atoms with Gasteiger partial charge in [0.05, 0.1) is 22.4 Å².